The molecule has 3 rings (SSSR count). The summed E-state index contributed by atoms with van der Waals surface area (Å²) in [4.78, 5) is 14.2. The van der Waals surface area contributed by atoms with E-state index in [0.29, 0.717) is 19.2 Å². The number of carbonyl (C=O) groups is 1. The fourth-order valence-electron chi connectivity index (χ4n) is 2.89. The molecule has 1 aliphatic carbocycles. The van der Waals surface area contributed by atoms with Crippen LogP contribution in [0.5, 0.6) is 5.75 Å². The Morgan fingerprint density at radius 1 is 1.35 bits per heavy atom. The van der Waals surface area contributed by atoms with Gasteiger partial charge in [-0.05, 0) is 25.8 Å². The molecule has 1 fully saturated rings. The predicted octanol–water partition coefficient (Wildman–Crippen LogP) is 2.11. The van der Waals surface area contributed by atoms with Crippen LogP contribution in [0.25, 0.3) is 0 Å². The quantitative estimate of drug-likeness (QED) is 0.894. The second kappa shape index (κ2) is 5.83. The van der Waals surface area contributed by atoms with Crippen molar-refractivity contribution in [3.63, 3.8) is 0 Å². The Kier molecular flexibility index (Phi) is 3.92. The van der Waals surface area contributed by atoms with Crippen molar-refractivity contribution >= 4 is 5.91 Å². The third-order valence-electron chi connectivity index (χ3n) is 4.11. The molecular weight excluding hydrogens is 252 g/mol. The number of likely N-dealkylation sites (N-methyl/N-ethyl adjacent to an activating group) is 1. The number of hydrogen-bond acceptors (Lipinski definition) is 3. The van der Waals surface area contributed by atoms with Crippen molar-refractivity contribution in [1.29, 1.82) is 0 Å². The minimum atomic E-state index is 0.221. The summed E-state index contributed by atoms with van der Waals surface area (Å²) in [6, 6.07) is 8.80. The maximum Gasteiger partial charge on any atom is 0.236 e. The van der Waals surface area contributed by atoms with Gasteiger partial charge in [-0.15, -0.1) is 0 Å². The van der Waals surface area contributed by atoms with Crippen LogP contribution in [0.3, 0.4) is 0 Å². The second-order valence-corrected chi connectivity index (χ2v) is 5.52. The highest BCUT2D eigenvalue weighted by Gasteiger charge is 2.31. The van der Waals surface area contributed by atoms with Crippen LogP contribution in [-0.2, 0) is 4.79 Å². The van der Waals surface area contributed by atoms with Gasteiger partial charge < -0.3 is 15.0 Å². The summed E-state index contributed by atoms with van der Waals surface area (Å²) in [5, 5.41) is 3.40. The van der Waals surface area contributed by atoms with Crippen LogP contribution >= 0.6 is 0 Å². The van der Waals surface area contributed by atoms with E-state index in [0.717, 1.165) is 18.7 Å². The number of carbonyl (C=O) groups excluding carboxylic acids is 1. The third kappa shape index (κ3) is 2.80. The minimum absolute atomic E-state index is 0.221. The predicted molar refractivity (Wildman–Crippen MR) is 77.7 cm³/mol. The van der Waals surface area contributed by atoms with Crippen LogP contribution in [0.2, 0.25) is 0 Å². The number of nitrogens with one attached hydrogen (secondary N) is 1. The van der Waals surface area contributed by atoms with Crippen LogP contribution in [-0.4, -0.2) is 36.5 Å². The van der Waals surface area contributed by atoms with Gasteiger partial charge in [-0.1, -0.05) is 18.2 Å². The fraction of sp³-hybridized carbons (Fsp3) is 0.562. The molecule has 1 aromatic carbocycles. The van der Waals surface area contributed by atoms with E-state index in [4.69, 9.17) is 4.74 Å². The van der Waals surface area contributed by atoms with Crippen molar-refractivity contribution in [2.75, 3.05) is 19.7 Å². The lowest BCUT2D eigenvalue weighted by molar-refractivity contribution is -0.130. The van der Waals surface area contributed by atoms with E-state index in [1.54, 1.807) is 0 Å². The van der Waals surface area contributed by atoms with E-state index in [1.165, 1.54) is 18.4 Å². The number of ether oxygens (including phenoxy) is 1. The fourth-order valence-corrected chi connectivity index (χ4v) is 2.89. The SMILES string of the molecule is CCN(C(=O)CNC1CCOc2ccccc21)C1CC1. The first-order valence-corrected chi connectivity index (χ1v) is 7.54. The van der Waals surface area contributed by atoms with Gasteiger partial charge in [0, 0.05) is 30.6 Å². The molecule has 1 amide bonds. The number of amides is 1. The van der Waals surface area contributed by atoms with Crippen molar-refractivity contribution in [3.05, 3.63) is 29.8 Å². The molecule has 0 spiro atoms. The third-order valence-corrected chi connectivity index (χ3v) is 4.11. The zero-order chi connectivity index (χ0) is 13.9. The number of benzene rings is 1. The largest absolute Gasteiger partial charge is 0.493 e. The van der Waals surface area contributed by atoms with E-state index < -0.39 is 0 Å². The first-order valence-electron chi connectivity index (χ1n) is 7.54. The molecule has 1 atom stereocenters. The summed E-state index contributed by atoms with van der Waals surface area (Å²) in [5.41, 5.74) is 1.17. The van der Waals surface area contributed by atoms with Gasteiger partial charge in [0.25, 0.3) is 0 Å². The van der Waals surface area contributed by atoms with Crippen LogP contribution in [0.1, 0.15) is 37.8 Å². The summed E-state index contributed by atoms with van der Waals surface area (Å²) in [6.07, 6.45) is 3.25. The first-order chi connectivity index (χ1) is 9.79. The molecule has 1 aromatic rings. The molecule has 1 saturated carbocycles. The highest BCUT2D eigenvalue weighted by atomic mass is 16.5. The van der Waals surface area contributed by atoms with Gasteiger partial charge in [-0.25, -0.2) is 0 Å². The number of nitrogens with zero attached hydrogens (tertiary/aromatic N) is 1. The highest BCUT2D eigenvalue weighted by Crippen LogP contribution is 2.31. The molecule has 108 valence electrons. The number of fused-ring (bicyclic) bond motifs is 1. The summed E-state index contributed by atoms with van der Waals surface area (Å²) in [5.74, 6) is 1.16. The Balaban J connectivity index is 1.60. The van der Waals surface area contributed by atoms with E-state index in [1.807, 2.05) is 23.1 Å². The second-order valence-electron chi connectivity index (χ2n) is 5.52. The lowest BCUT2D eigenvalue weighted by Crippen LogP contribution is -2.41. The van der Waals surface area contributed by atoms with Gasteiger partial charge in [0.2, 0.25) is 5.91 Å². The molecular formula is C16H22N2O2. The summed E-state index contributed by atoms with van der Waals surface area (Å²) in [7, 11) is 0. The molecule has 0 aromatic heterocycles. The molecule has 1 unspecified atom stereocenters. The Bertz CT molecular complexity index is 485. The molecule has 0 bridgehead atoms. The van der Waals surface area contributed by atoms with E-state index in [2.05, 4.69) is 18.3 Å². The van der Waals surface area contributed by atoms with Gasteiger partial charge in [-0.2, -0.15) is 0 Å². The monoisotopic (exact) mass is 274 g/mol. The molecule has 1 N–H and O–H groups in total. The highest BCUT2D eigenvalue weighted by molar-refractivity contribution is 5.79. The molecule has 20 heavy (non-hydrogen) atoms. The molecule has 2 aliphatic rings. The maximum atomic E-state index is 12.2. The molecule has 0 saturated heterocycles. The van der Waals surface area contributed by atoms with Gasteiger partial charge >= 0.3 is 0 Å². The van der Waals surface area contributed by atoms with E-state index in [-0.39, 0.29) is 11.9 Å². The lowest BCUT2D eigenvalue weighted by atomic mass is 10.0. The van der Waals surface area contributed by atoms with Crippen molar-refractivity contribution in [3.8, 4) is 5.75 Å². The standard InChI is InChI=1S/C16H22N2O2/c1-2-18(12-7-8-12)16(19)11-17-14-9-10-20-15-6-4-3-5-13(14)15/h3-6,12,14,17H,2,7-11H2,1H3. The normalized spacial score (nSPS) is 20.9. The molecule has 4 nitrogen and oxygen atoms in total. The van der Waals surface area contributed by atoms with Crippen molar-refractivity contribution in [1.82, 2.24) is 10.2 Å². The molecule has 4 heteroatoms. The van der Waals surface area contributed by atoms with Crippen molar-refractivity contribution in [2.24, 2.45) is 0 Å². The first kappa shape index (κ1) is 13.4. The summed E-state index contributed by atoms with van der Waals surface area (Å²) >= 11 is 0. The van der Waals surface area contributed by atoms with Gasteiger partial charge in [0.15, 0.2) is 0 Å². The Morgan fingerprint density at radius 2 is 2.15 bits per heavy atom. The van der Waals surface area contributed by atoms with Crippen LogP contribution < -0.4 is 10.1 Å². The van der Waals surface area contributed by atoms with E-state index in [9.17, 15) is 4.79 Å². The van der Waals surface area contributed by atoms with Gasteiger partial charge in [0.1, 0.15) is 5.75 Å². The van der Waals surface area contributed by atoms with Gasteiger partial charge in [-0.3, -0.25) is 4.79 Å². The number of hydrogen-bond donors (Lipinski definition) is 1. The van der Waals surface area contributed by atoms with E-state index >= 15 is 0 Å². The Hall–Kier alpha value is -1.55. The lowest BCUT2D eigenvalue weighted by Gasteiger charge is -2.28. The molecule has 0 radical (unpaired) electrons. The zero-order valence-electron chi connectivity index (χ0n) is 12.0. The summed E-state index contributed by atoms with van der Waals surface area (Å²) in [6.45, 7) is 4.00. The smallest absolute Gasteiger partial charge is 0.236 e. The van der Waals surface area contributed by atoms with Gasteiger partial charge in [0.05, 0.1) is 13.2 Å². The minimum Gasteiger partial charge on any atom is -0.493 e. The maximum absolute atomic E-state index is 12.2. The van der Waals surface area contributed by atoms with Crippen molar-refractivity contribution < 1.29 is 9.53 Å². The zero-order valence-corrected chi connectivity index (χ0v) is 12.0. The number of rotatable bonds is 5. The average Bonchev–Trinajstić information content (AvgIpc) is 3.30. The number of para-hydroxylation sites is 1. The van der Waals surface area contributed by atoms with Crippen molar-refractivity contribution in [2.45, 2.75) is 38.3 Å². The topological polar surface area (TPSA) is 41.6 Å². The summed E-state index contributed by atoms with van der Waals surface area (Å²) < 4.78 is 5.64. The van der Waals surface area contributed by atoms with Crippen LogP contribution in [0.15, 0.2) is 24.3 Å². The molecule has 1 aliphatic heterocycles. The average molecular weight is 274 g/mol. The Labute approximate surface area is 120 Å². The van der Waals surface area contributed by atoms with Crippen LogP contribution in [0.4, 0.5) is 0 Å². The van der Waals surface area contributed by atoms with Crippen LogP contribution in [0, 0.1) is 0 Å². The Morgan fingerprint density at radius 3 is 2.90 bits per heavy atom. The molecule has 1 heterocycles.